The Kier molecular flexibility index (Phi) is 12.8. The molecule has 0 amide bonds. The molecule has 139 valence electrons. The zero-order chi connectivity index (χ0) is 19.0. The Balaban J connectivity index is 3.81. The summed E-state index contributed by atoms with van der Waals surface area (Å²) in [7, 11) is 0. The fourth-order valence-electron chi connectivity index (χ4n) is 2.19. The van der Waals surface area contributed by atoms with Gasteiger partial charge in [0.1, 0.15) is 9.85 Å². The zero-order valence-corrected chi connectivity index (χ0v) is 14.8. The van der Waals surface area contributed by atoms with E-state index >= 15 is 0 Å². The maximum atomic E-state index is 10.7. The number of hydrogen-bond acceptors (Lipinski definition) is 5. The maximum absolute atomic E-state index is 10.7. The Bertz CT molecular complexity index is 484. The van der Waals surface area contributed by atoms with Crippen molar-refractivity contribution in [1.29, 1.82) is 0 Å². The smallest absolute Gasteiger partial charge is 0.273 e. The average Bonchev–Trinajstić information content (AvgIpc) is 2.58. The van der Waals surface area contributed by atoms with Crippen LogP contribution in [0.5, 0.6) is 0 Å². The van der Waals surface area contributed by atoms with Crippen molar-refractivity contribution >= 4 is 6.29 Å². The van der Waals surface area contributed by atoms with Crippen LogP contribution in [0.2, 0.25) is 0 Å². The van der Waals surface area contributed by atoms with Crippen LogP contribution in [-0.4, -0.2) is 21.8 Å². The van der Waals surface area contributed by atoms with Crippen LogP contribution < -0.4 is 0 Å². The van der Waals surface area contributed by atoms with Crippen molar-refractivity contribution in [2.45, 2.75) is 70.4 Å². The van der Waals surface area contributed by atoms with Gasteiger partial charge in [-0.25, -0.2) is 0 Å². The molecule has 1 radical (unpaired) electrons. The van der Waals surface area contributed by atoms with Crippen molar-refractivity contribution in [1.82, 2.24) is 0 Å². The Morgan fingerprint density at radius 2 is 1.36 bits per heavy atom. The molecule has 0 fully saturated rings. The van der Waals surface area contributed by atoms with Crippen molar-refractivity contribution in [3.8, 4) is 0 Å². The lowest BCUT2D eigenvalue weighted by Crippen LogP contribution is -2.47. The van der Waals surface area contributed by atoms with Crippen molar-refractivity contribution in [2.24, 2.45) is 0 Å². The van der Waals surface area contributed by atoms with Crippen LogP contribution in [0, 0.1) is 20.2 Å². The molecule has 0 aromatic carbocycles. The summed E-state index contributed by atoms with van der Waals surface area (Å²) in [6, 6.07) is 0. The number of rotatable bonds is 15. The van der Waals surface area contributed by atoms with Gasteiger partial charge in [-0.15, -0.1) is 0 Å². The van der Waals surface area contributed by atoms with Gasteiger partial charge in [-0.3, -0.25) is 25.0 Å². The molecule has 0 aromatic heterocycles. The molecule has 0 atom stereocenters. The zero-order valence-electron chi connectivity index (χ0n) is 14.8. The number of carbonyl (C=O) groups excluding carboxylic acids is 1. The first-order valence-electron chi connectivity index (χ1n) is 8.64. The summed E-state index contributed by atoms with van der Waals surface area (Å²) >= 11 is 0. The fourth-order valence-corrected chi connectivity index (χ4v) is 2.19. The average molecular weight is 351 g/mol. The highest BCUT2D eigenvalue weighted by Crippen LogP contribution is 2.18. The number of hydrogen-bond donors (Lipinski definition) is 0. The van der Waals surface area contributed by atoms with Crippen LogP contribution in [0.25, 0.3) is 0 Å². The Labute approximate surface area is 148 Å². The van der Waals surface area contributed by atoms with E-state index in [1.807, 2.05) is 0 Å². The minimum Gasteiger partial charge on any atom is -0.273 e. The highest BCUT2D eigenvalue weighted by molar-refractivity contribution is 5.59. The number of unbranched alkanes of at least 4 members (excludes halogenated alkanes) is 4. The Morgan fingerprint density at radius 3 is 1.88 bits per heavy atom. The van der Waals surface area contributed by atoms with E-state index in [0.29, 0.717) is 6.42 Å². The van der Waals surface area contributed by atoms with Gasteiger partial charge in [-0.1, -0.05) is 56.2 Å². The number of nitro groups is 2. The van der Waals surface area contributed by atoms with E-state index in [0.717, 1.165) is 44.8 Å². The number of allylic oxidation sites excluding steroid dienone is 6. The van der Waals surface area contributed by atoms with Gasteiger partial charge in [-0.2, -0.15) is 0 Å². The lowest BCUT2D eigenvalue weighted by molar-refractivity contribution is -0.772. The second kappa shape index (κ2) is 14.1. The summed E-state index contributed by atoms with van der Waals surface area (Å²) in [6.07, 6.45) is 19.7. The topological polar surface area (TPSA) is 103 Å². The first-order valence-corrected chi connectivity index (χ1v) is 8.64. The lowest BCUT2D eigenvalue weighted by Gasteiger charge is -2.09. The Hall–Kier alpha value is -2.31. The van der Waals surface area contributed by atoms with Crippen molar-refractivity contribution in [3.05, 3.63) is 56.7 Å². The summed E-state index contributed by atoms with van der Waals surface area (Å²) in [5.41, 5.74) is -2.81. The fraction of sp³-hybridized carbons (Fsp3) is 0.611. The van der Waals surface area contributed by atoms with Gasteiger partial charge in [0.05, 0.1) is 6.42 Å². The molecule has 0 unspecified atom stereocenters. The summed E-state index contributed by atoms with van der Waals surface area (Å²) < 4.78 is 0. The van der Waals surface area contributed by atoms with Crippen molar-refractivity contribution in [2.75, 3.05) is 0 Å². The highest BCUT2D eigenvalue weighted by Gasteiger charge is 2.57. The second-order valence-electron chi connectivity index (χ2n) is 5.68. The van der Waals surface area contributed by atoms with Gasteiger partial charge in [-0.05, 0) is 38.5 Å². The molecule has 0 aliphatic rings. The summed E-state index contributed by atoms with van der Waals surface area (Å²) in [5.74, 6) is 0. The minimum atomic E-state index is -2.81. The first-order chi connectivity index (χ1) is 12.0. The van der Waals surface area contributed by atoms with Crippen LogP contribution in [0.1, 0.15) is 64.7 Å². The van der Waals surface area contributed by atoms with Crippen molar-refractivity contribution < 1.29 is 14.6 Å². The van der Waals surface area contributed by atoms with E-state index in [1.54, 1.807) is 0 Å². The van der Waals surface area contributed by atoms with Crippen LogP contribution in [-0.2, 0) is 4.79 Å². The molecular weight excluding hydrogens is 324 g/mol. The Morgan fingerprint density at radius 1 is 0.840 bits per heavy atom. The molecule has 0 heterocycles. The van der Waals surface area contributed by atoms with E-state index in [9.17, 15) is 25.0 Å². The second-order valence-corrected chi connectivity index (χ2v) is 5.68. The van der Waals surface area contributed by atoms with E-state index in [4.69, 9.17) is 0 Å². The first kappa shape index (κ1) is 22.7. The van der Waals surface area contributed by atoms with Crippen LogP contribution in [0.3, 0.4) is 0 Å². The molecular formula is C18H27N2O5. The monoisotopic (exact) mass is 351 g/mol. The third kappa shape index (κ3) is 9.54. The van der Waals surface area contributed by atoms with E-state index < -0.39 is 21.9 Å². The van der Waals surface area contributed by atoms with E-state index in [1.165, 1.54) is 0 Å². The summed E-state index contributed by atoms with van der Waals surface area (Å²) in [5, 5.41) is 21.5. The molecule has 7 nitrogen and oxygen atoms in total. The van der Waals surface area contributed by atoms with Crippen LogP contribution >= 0.6 is 0 Å². The van der Waals surface area contributed by atoms with Crippen LogP contribution in [0.4, 0.5) is 0 Å². The lowest BCUT2D eigenvalue weighted by atomic mass is 10.0. The molecule has 0 aliphatic heterocycles. The molecule has 0 bridgehead atoms. The molecule has 25 heavy (non-hydrogen) atoms. The maximum Gasteiger partial charge on any atom is 0.523 e. The van der Waals surface area contributed by atoms with Gasteiger partial charge < -0.3 is 0 Å². The summed E-state index contributed by atoms with van der Waals surface area (Å²) in [4.78, 5) is 29.8. The molecule has 0 N–H and O–H groups in total. The summed E-state index contributed by atoms with van der Waals surface area (Å²) in [6.45, 7) is 2.10. The third-order valence-corrected chi connectivity index (χ3v) is 3.69. The molecule has 0 spiro atoms. The van der Waals surface area contributed by atoms with Crippen molar-refractivity contribution in [3.63, 3.8) is 0 Å². The van der Waals surface area contributed by atoms with Gasteiger partial charge >= 0.3 is 11.9 Å². The molecule has 0 saturated heterocycles. The molecule has 0 aromatic rings. The predicted octanol–water partition coefficient (Wildman–Crippen LogP) is 4.55. The van der Waals surface area contributed by atoms with E-state index in [-0.39, 0.29) is 6.42 Å². The largest absolute Gasteiger partial charge is 0.523 e. The molecule has 7 heteroatoms. The molecule has 0 saturated carbocycles. The highest BCUT2D eigenvalue weighted by atomic mass is 16.7. The molecule has 0 rings (SSSR count). The van der Waals surface area contributed by atoms with Gasteiger partial charge in [0.15, 0.2) is 0 Å². The van der Waals surface area contributed by atoms with Gasteiger partial charge in [0, 0.05) is 0 Å². The van der Waals surface area contributed by atoms with Gasteiger partial charge in [0.25, 0.3) is 0 Å². The normalized spacial score (nSPS) is 12.4. The number of nitrogens with zero attached hydrogens (tertiary/aromatic N) is 2. The van der Waals surface area contributed by atoms with E-state index in [2.05, 4.69) is 43.4 Å². The van der Waals surface area contributed by atoms with Gasteiger partial charge in [0.2, 0.25) is 0 Å². The quantitative estimate of drug-likeness (QED) is 0.142. The standard InChI is InChI=1S/C18H27N2O5/c1-2-3-4-5-6-7-8-9-10-11-12-13-14-15-16-18(17-21,19(22)23)20(24)25/h3-4,6-7,9-10H,2,5,8,11-16H2,1H3/b4-3+,7-6+,10-9+. The predicted molar refractivity (Wildman–Crippen MR) is 97.1 cm³/mol. The molecule has 0 aliphatic carbocycles. The third-order valence-electron chi connectivity index (χ3n) is 3.69. The minimum absolute atomic E-state index is 0.259. The van der Waals surface area contributed by atoms with Crippen LogP contribution in [0.15, 0.2) is 36.5 Å². The SMILES string of the molecule is CC/C=C/C/C=C/C/C=C/CCCCCCC([C]=O)([N+](=O)[O-])[N+](=O)[O-].